The van der Waals surface area contributed by atoms with Crippen LogP contribution in [0.4, 0.5) is 13.2 Å². The maximum atomic E-state index is 12.6. The molecule has 0 aliphatic carbocycles. The van der Waals surface area contributed by atoms with Crippen molar-refractivity contribution in [1.82, 2.24) is 0 Å². The Hall–Kier alpha value is -2.41. The van der Waals surface area contributed by atoms with Gasteiger partial charge in [0.2, 0.25) is 0 Å². The van der Waals surface area contributed by atoms with Crippen LogP contribution in [0.5, 0.6) is 0 Å². The molecule has 0 aromatic heterocycles. The summed E-state index contributed by atoms with van der Waals surface area (Å²) in [6.45, 7) is 0. The minimum atomic E-state index is -4.45. The smallest absolute Gasteiger partial charge is 0.289 e. The van der Waals surface area contributed by atoms with Gasteiger partial charge in [-0.1, -0.05) is 18.2 Å². The molecule has 2 rings (SSSR count). The topological polar surface area (TPSA) is 51.2 Å². The molecule has 0 saturated carbocycles. The van der Waals surface area contributed by atoms with Crippen LogP contribution in [0.2, 0.25) is 0 Å². The summed E-state index contributed by atoms with van der Waals surface area (Å²) in [5.41, 5.74) is -0.314. The van der Waals surface area contributed by atoms with E-state index in [1.54, 1.807) is 0 Å². The third kappa shape index (κ3) is 4.55. The van der Waals surface area contributed by atoms with Crippen LogP contribution in [0.1, 0.15) is 21.5 Å². The van der Waals surface area contributed by atoms with E-state index in [0.29, 0.717) is 0 Å². The first-order chi connectivity index (χ1) is 11.1. The summed E-state index contributed by atoms with van der Waals surface area (Å²) >= 11 is 0. The van der Waals surface area contributed by atoms with Gasteiger partial charge < -0.3 is 0 Å². The van der Waals surface area contributed by atoms with Crippen molar-refractivity contribution in [2.75, 3.05) is 6.26 Å². The van der Waals surface area contributed by atoms with Crippen molar-refractivity contribution in [1.29, 1.82) is 0 Å². The fourth-order valence-electron chi connectivity index (χ4n) is 1.95. The molecular formula is C17H13F3O3S. The summed E-state index contributed by atoms with van der Waals surface area (Å²) in [5.74, 6) is -0.438. The molecule has 0 amide bonds. The third-order valence-corrected chi connectivity index (χ3v) is 4.34. The van der Waals surface area contributed by atoms with Crippen LogP contribution in [-0.4, -0.2) is 20.5 Å². The first-order valence-corrected chi connectivity index (χ1v) is 8.66. The fourth-order valence-corrected chi connectivity index (χ4v) is 2.58. The van der Waals surface area contributed by atoms with E-state index in [9.17, 15) is 26.4 Å². The molecule has 0 atom stereocenters. The van der Waals surface area contributed by atoms with Crippen LogP contribution < -0.4 is 0 Å². The molecule has 3 nitrogen and oxygen atoms in total. The Morgan fingerprint density at radius 2 is 1.67 bits per heavy atom. The lowest BCUT2D eigenvalue weighted by Crippen LogP contribution is -2.04. The summed E-state index contributed by atoms with van der Waals surface area (Å²) in [5, 5.41) is 0. The molecule has 0 fully saturated rings. The largest absolute Gasteiger partial charge is 0.416 e. The number of carbonyl (C=O) groups is 1. The minimum Gasteiger partial charge on any atom is -0.289 e. The second kappa shape index (κ2) is 6.60. The number of hydrogen-bond donors (Lipinski definition) is 0. The van der Waals surface area contributed by atoms with Crippen molar-refractivity contribution in [3.8, 4) is 0 Å². The molecule has 0 aliphatic heterocycles. The average Bonchev–Trinajstić information content (AvgIpc) is 2.51. The van der Waals surface area contributed by atoms with Crippen molar-refractivity contribution in [3.63, 3.8) is 0 Å². The predicted octanol–water partition coefficient (Wildman–Crippen LogP) is 4.01. The molecule has 7 heteroatoms. The molecular weight excluding hydrogens is 341 g/mol. The molecule has 0 unspecified atom stereocenters. The van der Waals surface area contributed by atoms with E-state index < -0.39 is 27.4 Å². The zero-order chi connectivity index (χ0) is 18.0. The number of carbonyl (C=O) groups excluding carboxylic acids is 1. The minimum absolute atomic E-state index is 0.0842. The fraction of sp³-hybridized carbons (Fsp3) is 0.118. The lowest BCUT2D eigenvalue weighted by Gasteiger charge is -2.06. The van der Waals surface area contributed by atoms with Gasteiger partial charge in [0.15, 0.2) is 15.6 Å². The van der Waals surface area contributed by atoms with Gasteiger partial charge in [-0.25, -0.2) is 8.42 Å². The number of benzene rings is 2. The second-order valence-electron chi connectivity index (χ2n) is 5.12. The summed E-state index contributed by atoms with van der Waals surface area (Å²) in [4.78, 5) is 12.1. The zero-order valence-corrected chi connectivity index (χ0v) is 13.4. The third-order valence-electron chi connectivity index (χ3n) is 3.21. The van der Waals surface area contributed by atoms with Crippen LogP contribution >= 0.6 is 0 Å². The second-order valence-corrected chi connectivity index (χ2v) is 7.13. The molecule has 0 N–H and O–H groups in total. The van der Waals surface area contributed by atoms with Crippen molar-refractivity contribution in [2.24, 2.45) is 0 Å². The van der Waals surface area contributed by atoms with Crippen molar-refractivity contribution in [3.05, 3.63) is 71.3 Å². The molecule has 0 heterocycles. The molecule has 0 radical (unpaired) electrons. The summed E-state index contributed by atoms with van der Waals surface area (Å²) in [6, 6.07) is 9.92. The number of allylic oxidation sites excluding steroid dienone is 1. The maximum absolute atomic E-state index is 12.6. The Kier molecular flexibility index (Phi) is 4.94. The average molecular weight is 354 g/mol. The molecule has 2 aromatic carbocycles. The number of alkyl halides is 3. The highest BCUT2D eigenvalue weighted by Gasteiger charge is 2.30. The van der Waals surface area contributed by atoms with Crippen LogP contribution in [0.25, 0.3) is 6.08 Å². The summed E-state index contributed by atoms with van der Waals surface area (Å²) in [7, 11) is -3.36. The van der Waals surface area contributed by atoms with E-state index in [2.05, 4.69) is 0 Å². The van der Waals surface area contributed by atoms with Gasteiger partial charge in [-0.05, 0) is 48.0 Å². The number of sulfone groups is 1. The predicted molar refractivity (Wildman–Crippen MR) is 84.4 cm³/mol. The van der Waals surface area contributed by atoms with Gasteiger partial charge in [-0.2, -0.15) is 13.2 Å². The van der Waals surface area contributed by atoms with E-state index in [-0.39, 0.29) is 16.0 Å². The van der Waals surface area contributed by atoms with E-state index in [0.717, 1.165) is 24.5 Å². The number of halogens is 3. The quantitative estimate of drug-likeness (QED) is 0.616. The molecule has 0 saturated heterocycles. The Balaban J connectivity index is 2.19. The van der Waals surface area contributed by atoms with E-state index in [4.69, 9.17) is 0 Å². The first-order valence-electron chi connectivity index (χ1n) is 6.77. The van der Waals surface area contributed by atoms with E-state index in [1.807, 2.05) is 0 Å². The van der Waals surface area contributed by atoms with Gasteiger partial charge in [0, 0.05) is 11.8 Å². The maximum Gasteiger partial charge on any atom is 0.416 e. The highest BCUT2D eigenvalue weighted by molar-refractivity contribution is 7.90. The summed E-state index contributed by atoms with van der Waals surface area (Å²) < 4.78 is 60.6. The van der Waals surface area contributed by atoms with Gasteiger partial charge in [0.25, 0.3) is 0 Å². The van der Waals surface area contributed by atoms with Crippen molar-refractivity contribution < 1.29 is 26.4 Å². The Morgan fingerprint density at radius 3 is 2.21 bits per heavy atom. The summed E-state index contributed by atoms with van der Waals surface area (Å²) in [6.07, 6.45) is -0.973. The number of rotatable bonds is 4. The molecule has 0 aliphatic rings. The number of ketones is 1. The Labute approximate surface area is 137 Å². The number of hydrogen-bond acceptors (Lipinski definition) is 3. The van der Waals surface area contributed by atoms with Gasteiger partial charge >= 0.3 is 6.18 Å². The van der Waals surface area contributed by atoms with Crippen molar-refractivity contribution >= 4 is 21.7 Å². The highest BCUT2D eigenvalue weighted by atomic mass is 32.2. The SMILES string of the molecule is CS(=O)(=O)c1ccc(C(=O)C=Cc2cccc(C(F)(F)F)c2)cc1. The standard InChI is InChI=1S/C17H13F3O3S/c1-24(22,23)15-8-6-13(7-9-15)16(21)10-5-12-3-2-4-14(11-12)17(18,19)20/h2-11H,1H3. The van der Waals surface area contributed by atoms with Gasteiger partial charge in [0.1, 0.15) is 0 Å². The lowest BCUT2D eigenvalue weighted by atomic mass is 10.1. The van der Waals surface area contributed by atoms with E-state index in [1.165, 1.54) is 42.5 Å². The molecule has 24 heavy (non-hydrogen) atoms. The van der Waals surface area contributed by atoms with Gasteiger partial charge in [0.05, 0.1) is 10.5 Å². The van der Waals surface area contributed by atoms with Crippen LogP contribution in [0.3, 0.4) is 0 Å². The Bertz CT molecular complexity index is 880. The van der Waals surface area contributed by atoms with E-state index >= 15 is 0 Å². The monoisotopic (exact) mass is 354 g/mol. The zero-order valence-electron chi connectivity index (χ0n) is 12.5. The molecule has 0 spiro atoms. The van der Waals surface area contributed by atoms with Crippen molar-refractivity contribution in [2.45, 2.75) is 11.1 Å². The van der Waals surface area contributed by atoms with Gasteiger partial charge in [-0.3, -0.25) is 4.79 Å². The molecule has 2 aromatic rings. The normalized spacial score (nSPS) is 12.5. The lowest BCUT2D eigenvalue weighted by molar-refractivity contribution is -0.137. The van der Waals surface area contributed by atoms with Crippen LogP contribution in [0.15, 0.2) is 59.5 Å². The molecule has 126 valence electrons. The Morgan fingerprint density at radius 1 is 1.04 bits per heavy atom. The molecule has 0 bridgehead atoms. The van der Waals surface area contributed by atoms with Gasteiger partial charge in [-0.15, -0.1) is 0 Å². The first kappa shape index (κ1) is 17.9. The van der Waals surface area contributed by atoms with Crippen LogP contribution in [-0.2, 0) is 16.0 Å². The van der Waals surface area contributed by atoms with Crippen LogP contribution in [0, 0.1) is 0 Å². The highest BCUT2D eigenvalue weighted by Crippen LogP contribution is 2.29.